The number of aliphatic carboxylic acids is 1. The Balaban J connectivity index is 1.83. The molecular weight excluding hydrogens is 358 g/mol. The molecule has 0 heterocycles. The summed E-state index contributed by atoms with van der Waals surface area (Å²) in [6.07, 6.45) is 0.404. The quantitative estimate of drug-likeness (QED) is 0.467. The number of nitrogens with one attached hydrogen (secondary N) is 1. The Labute approximate surface area is 163 Å². The van der Waals surface area contributed by atoms with Crippen LogP contribution < -0.4 is 5.32 Å². The van der Waals surface area contributed by atoms with Crippen molar-refractivity contribution in [1.29, 1.82) is 0 Å². The number of carbonyl (C=O) groups is 2. The molecule has 0 saturated carbocycles. The van der Waals surface area contributed by atoms with Crippen molar-refractivity contribution >= 4 is 45.2 Å². The highest BCUT2D eigenvalue weighted by Crippen LogP contribution is 2.34. The molecule has 3 aromatic carbocycles. The second kappa shape index (κ2) is 8.44. The van der Waals surface area contributed by atoms with E-state index in [4.69, 9.17) is 0 Å². The summed E-state index contributed by atoms with van der Waals surface area (Å²) >= 11 is 1.70. The van der Waals surface area contributed by atoms with Gasteiger partial charge in [0.25, 0.3) is 0 Å². The summed E-state index contributed by atoms with van der Waals surface area (Å²) in [7, 11) is 0. The lowest BCUT2D eigenvalue weighted by molar-refractivity contribution is -0.141. The number of hydrogen-bond donors (Lipinski definition) is 2. The number of hydrogen-bond acceptors (Lipinski definition) is 3. The number of carboxylic acids is 1. The zero-order valence-corrected chi connectivity index (χ0v) is 16.3. The summed E-state index contributed by atoms with van der Waals surface area (Å²) in [5.74, 6) is 0.154. The summed E-state index contributed by atoms with van der Waals surface area (Å²) < 4.78 is 0. The van der Waals surface area contributed by atoms with Crippen molar-refractivity contribution in [2.75, 3.05) is 5.75 Å². The predicted octanol–water partition coefficient (Wildman–Crippen LogP) is 4.51. The van der Waals surface area contributed by atoms with E-state index < -0.39 is 12.0 Å². The van der Waals surface area contributed by atoms with E-state index in [1.54, 1.807) is 11.8 Å². The van der Waals surface area contributed by atoms with Crippen molar-refractivity contribution in [3.05, 3.63) is 59.7 Å². The molecule has 3 rings (SSSR count). The second-order valence-electron chi connectivity index (χ2n) is 6.63. The van der Waals surface area contributed by atoms with E-state index >= 15 is 0 Å². The Hall–Kier alpha value is -2.53. The third kappa shape index (κ3) is 4.25. The lowest BCUT2D eigenvalue weighted by Gasteiger charge is -2.16. The summed E-state index contributed by atoms with van der Waals surface area (Å²) in [4.78, 5) is 22.4. The first-order valence-electron chi connectivity index (χ1n) is 8.95. The fourth-order valence-corrected chi connectivity index (χ4v) is 4.53. The molecule has 0 aliphatic rings. The van der Waals surface area contributed by atoms with Gasteiger partial charge in [0, 0.05) is 12.7 Å². The predicted molar refractivity (Wildman–Crippen MR) is 112 cm³/mol. The monoisotopic (exact) mass is 381 g/mol. The van der Waals surface area contributed by atoms with Crippen molar-refractivity contribution < 1.29 is 14.7 Å². The van der Waals surface area contributed by atoms with Crippen molar-refractivity contribution in [3.8, 4) is 0 Å². The SMILES string of the molecule is CC(=O)NC(CCSCc1c2ccccc2c(C)c2ccccc12)C(=O)O. The average molecular weight is 381 g/mol. The van der Waals surface area contributed by atoms with Gasteiger partial charge in [-0.25, -0.2) is 4.79 Å². The Kier molecular flexibility index (Phi) is 6.01. The number of carboxylic acid groups (broad SMARTS) is 1. The maximum absolute atomic E-state index is 11.3. The molecule has 140 valence electrons. The normalized spacial score (nSPS) is 12.2. The van der Waals surface area contributed by atoms with Crippen molar-refractivity contribution in [1.82, 2.24) is 5.32 Å². The topological polar surface area (TPSA) is 66.4 Å². The van der Waals surface area contributed by atoms with Crippen LogP contribution in [0.1, 0.15) is 24.5 Å². The van der Waals surface area contributed by atoms with Crippen LogP contribution >= 0.6 is 11.8 Å². The average Bonchev–Trinajstić information content (AvgIpc) is 2.66. The highest BCUT2D eigenvalue weighted by molar-refractivity contribution is 7.98. The number of thioether (sulfide) groups is 1. The number of rotatable bonds is 7. The molecular formula is C22H23NO3S. The standard InChI is InChI=1S/C22H23NO3S/c1-14-16-7-3-5-9-18(16)20(19-10-6-4-8-17(14)19)13-27-12-11-21(22(25)26)23-15(2)24/h3-10,21H,11-13H2,1-2H3,(H,23,24)(H,25,26). The Bertz CT molecular complexity index is 942. The molecule has 5 heteroatoms. The molecule has 2 N–H and O–H groups in total. The van der Waals surface area contributed by atoms with Gasteiger partial charge in [0.1, 0.15) is 6.04 Å². The van der Waals surface area contributed by atoms with Gasteiger partial charge in [-0.1, -0.05) is 48.5 Å². The fraction of sp³-hybridized carbons (Fsp3) is 0.273. The third-order valence-electron chi connectivity index (χ3n) is 4.79. The minimum Gasteiger partial charge on any atom is -0.480 e. The number of benzene rings is 3. The highest BCUT2D eigenvalue weighted by atomic mass is 32.2. The van der Waals surface area contributed by atoms with E-state index in [9.17, 15) is 14.7 Å². The zero-order chi connectivity index (χ0) is 19.4. The molecule has 1 unspecified atom stereocenters. The largest absolute Gasteiger partial charge is 0.480 e. The summed E-state index contributed by atoms with van der Waals surface area (Å²) in [5, 5.41) is 16.7. The van der Waals surface area contributed by atoms with E-state index in [0.717, 1.165) is 5.75 Å². The van der Waals surface area contributed by atoms with Gasteiger partial charge >= 0.3 is 5.97 Å². The van der Waals surface area contributed by atoms with Crippen LogP contribution in [-0.2, 0) is 15.3 Å². The third-order valence-corrected chi connectivity index (χ3v) is 5.80. The minimum absolute atomic E-state index is 0.317. The first kappa shape index (κ1) is 19.2. The van der Waals surface area contributed by atoms with Gasteiger partial charge in [-0.3, -0.25) is 4.79 Å². The first-order chi connectivity index (χ1) is 13.0. The molecule has 3 aromatic rings. The maximum atomic E-state index is 11.3. The van der Waals surface area contributed by atoms with Crippen LogP contribution in [0.4, 0.5) is 0 Å². The van der Waals surface area contributed by atoms with Gasteiger partial charge in [-0.15, -0.1) is 0 Å². The minimum atomic E-state index is -0.989. The highest BCUT2D eigenvalue weighted by Gasteiger charge is 2.18. The molecule has 0 aliphatic carbocycles. The van der Waals surface area contributed by atoms with E-state index in [-0.39, 0.29) is 5.91 Å². The summed E-state index contributed by atoms with van der Waals surface area (Å²) in [5.41, 5.74) is 2.56. The van der Waals surface area contributed by atoms with Gasteiger partial charge in [-0.2, -0.15) is 11.8 Å². The van der Waals surface area contributed by atoms with Crippen LogP contribution in [0.3, 0.4) is 0 Å². The molecule has 0 spiro atoms. The van der Waals surface area contributed by atoms with Crippen LogP contribution in [0.2, 0.25) is 0 Å². The fourth-order valence-electron chi connectivity index (χ4n) is 3.47. The first-order valence-corrected chi connectivity index (χ1v) is 10.1. The number of carbonyl (C=O) groups excluding carboxylic acids is 1. The van der Waals surface area contributed by atoms with E-state index in [1.807, 2.05) is 0 Å². The van der Waals surface area contributed by atoms with Crippen molar-refractivity contribution in [2.45, 2.75) is 32.1 Å². The van der Waals surface area contributed by atoms with Gasteiger partial charge in [0.15, 0.2) is 0 Å². The van der Waals surface area contributed by atoms with Gasteiger partial charge < -0.3 is 10.4 Å². The van der Waals surface area contributed by atoms with Gasteiger partial charge in [-0.05, 0) is 51.8 Å². The molecule has 1 atom stereocenters. The number of fused-ring (bicyclic) bond motifs is 2. The van der Waals surface area contributed by atoms with E-state index in [2.05, 4.69) is 60.8 Å². The summed E-state index contributed by atoms with van der Waals surface area (Å²) in [6, 6.07) is 16.0. The van der Waals surface area contributed by atoms with Crippen molar-refractivity contribution in [3.63, 3.8) is 0 Å². The van der Waals surface area contributed by atoms with E-state index in [0.29, 0.717) is 12.2 Å². The van der Waals surface area contributed by atoms with Crippen LogP contribution in [0, 0.1) is 6.92 Å². The van der Waals surface area contributed by atoms with Gasteiger partial charge in [0.05, 0.1) is 0 Å². The van der Waals surface area contributed by atoms with Crippen molar-refractivity contribution in [2.24, 2.45) is 0 Å². The number of amides is 1. The van der Waals surface area contributed by atoms with Crippen LogP contribution in [0.25, 0.3) is 21.5 Å². The Morgan fingerprint density at radius 1 is 1.00 bits per heavy atom. The lowest BCUT2D eigenvalue weighted by atomic mass is 9.93. The maximum Gasteiger partial charge on any atom is 0.326 e. The Morgan fingerprint density at radius 3 is 2.00 bits per heavy atom. The van der Waals surface area contributed by atoms with E-state index in [1.165, 1.54) is 39.6 Å². The molecule has 4 nitrogen and oxygen atoms in total. The molecule has 0 bridgehead atoms. The number of aryl methyl sites for hydroxylation is 1. The zero-order valence-electron chi connectivity index (χ0n) is 15.5. The molecule has 0 saturated heterocycles. The molecule has 0 fully saturated rings. The van der Waals surface area contributed by atoms with Crippen LogP contribution in [0.5, 0.6) is 0 Å². The Morgan fingerprint density at radius 2 is 1.52 bits per heavy atom. The smallest absolute Gasteiger partial charge is 0.326 e. The molecule has 0 aromatic heterocycles. The van der Waals surface area contributed by atoms with Crippen LogP contribution in [-0.4, -0.2) is 28.8 Å². The summed E-state index contributed by atoms with van der Waals surface area (Å²) in [6.45, 7) is 3.50. The molecule has 0 aliphatic heterocycles. The van der Waals surface area contributed by atoms with Gasteiger partial charge in [0.2, 0.25) is 5.91 Å². The molecule has 27 heavy (non-hydrogen) atoms. The van der Waals surface area contributed by atoms with Crippen LogP contribution in [0.15, 0.2) is 48.5 Å². The second-order valence-corrected chi connectivity index (χ2v) is 7.73. The molecule has 1 amide bonds. The lowest BCUT2D eigenvalue weighted by Crippen LogP contribution is -2.39. The molecule has 0 radical (unpaired) electrons.